The van der Waals surface area contributed by atoms with Gasteiger partial charge in [-0.25, -0.2) is 4.79 Å². The van der Waals surface area contributed by atoms with Gasteiger partial charge in [0.1, 0.15) is 16.0 Å². The number of aliphatic carboxylic acids is 1. The molecular weight excluding hydrogens is 368 g/mol. The van der Waals surface area contributed by atoms with Gasteiger partial charge < -0.3 is 25.2 Å². The molecule has 2 amide bonds. The van der Waals surface area contributed by atoms with Gasteiger partial charge in [-0.2, -0.15) is 0 Å². The van der Waals surface area contributed by atoms with Crippen LogP contribution in [0.3, 0.4) is 0 Å². The summed E-state index contributed by atoms with van der Waals surface area (Å²) in [7, 11) is 3.02. The van der Waals surface area contributed by atoms with Gasteiger partial charge >= 0.3 is 12.0 Å². The summed E-state index contributed by atoms with van der Waals surface area (Å²) in [6, 6.07) is 2.86. The summed E-state index contributed by atoms with van der Waals surface area (Å²) in [5, 5.41) is 14.2. The van der Waals surface area contributed by atoms with E-state index >= 15 is 0 Å². The molecule has 1 aromatic carbocycles. The minimum absolute atomic E-state index is 0.0206. The van der Waals surface area contributed by atoms with Gasteiger partial charge in [0, 0.05) is 29.8 Å². The topological polar surface area (TPSA) is 96.9 Å². The van der Waals surface area contributed by atoms with E-state index in [1.807, 2.05) is 0 Å². The smallest absolute Gasteiger partial charge is 0.319 e. The number of rotatable bonds is 7. The molecule has 0 radical (unpaired) electrons. The SMILES string of the molecule is COc1cc(NC(=O)NC(C)(C)CCC(=O)O)cc(OC)c1Br. The second-order valence-corrected chi connectivity index (χ2v) is 6.34. The summed E-state index contributed by atoms with van der Waals surface area (Å²) in [6.07, 6.45) is 0.302. The molecule has 0 aliphatic heterocycles. The second kappa shape index (κ2) is 8.05. The fraction of sp³-hybridized carbons (Fsp3) is 0.467. The number of carbonyl (C=O) groups is 2. The predicted octanol–water partition coefficient (Wildman–Crippen LogP) is 3.23. The van der Waals surface area contributed by atoms with Crippen LogP contribution < -0.4 is 20.1 Å². The van der Waals surface area contributed by atoms with Crippen molar-refractivity contribution in [3.05, 3.63) is 16.6 Å². The lowest BCUT2D eigenvalue weighted by molar-refractivity contribution is -0.137. The van der Waals surface area contributed by atoms with Crippen LogP contribution in [0.15, 0.2) is 16.6 Å². The highest BCUT2D eigenvalue weighted by molar-refractivity contribution is 9.10. The summed E-state index contributed by atoms with van der Waals surface area (Å²) in [6.45, 7) is 3.52. The van der Waals surface area contributed by atoms with Crippen molar-refractivity contribution < 1.29 is 24.2 Å². The number of methoxy groups -OCH3 is 2. The molecule has 0 bridgehead atoms. The molecular formula is C15H21BrN2O5. The molecule has 7 nitrogen and oxygen atoms in total. The van der Waals surface area contributed by atoms with Crippen LogP contribution in [-0.2, 0) is 4.79 Å². The predicted molar refractivity (Wildman–Crippen MR) is 90.3 cm³/mol. The molecule has 0 unspecified atom stereocenters. The number of hydrogen-bond acceptors (Lipinski definition) is 4. The van der Waals surface area contributed by atoms with Crippen LogP contribution in [0.4, 0.5) is 10.5 Å². The summed E-state index contributed by atoms with van der Waals surface area (Å²) >= 11 is 3.35. The van der Waals surface area contributed by atoms with E-state index in [2.05, 4.69) is 26.6 Å². The highest BCUT2D eigenvalue weighted by Gasteiger charge is 2.22. The monoisotopic (exact) mass is 388 g/mol. The Labute approximate surface area is 143 Å². The quantitative estimate of drug-likeness (QED) is 0.665. The fourth-order valence-electron chi connectivity index (χ4n) is 1.89. The Morgan fingerprint density at radius 3 is 2.17 bits per heavy atom. The lowest BCUT2D eigenvalue weighted by Gasteiger charge is -2.25. The molecule has 128 valence electrons. The molecule has 1 rings (SSSR count). The zero-order valence-corrected chi connectivity index (χ0v) is 15.1. The zero-order chi connectivity index (χ0) is 17.6. The van der Waals surface area contributed by atoms with Crippen molar-refractivity contribution in [2.45, 2.75) is 32.2 Å². The lowest BCUT2D eigenvalue weighted by atomic mass is 9.99. The molecule has 0 spiro atoms. The van der Waals surface area contributed by atoms with Crippen molar-refractivity contribution in [1.29, 1.82) is 0 Å². The van der Waals surface area contributed by atoms with Gasteiger partial charge in [0.2, 0.25) is 0 Å². The number of carboxylic acids is 1. The van der Waals surface area contributed by atoms with Gasteiger partial charge in [-0.05, 0) is 36.2 Å². The number of carboxylic acid groups (broad SMARTS) is 1. The van der Waals surface area contributed by atoms with E-state index in [1.165, 1.54) is 14.2 Å². The van der Waals surface area contributed by atoms with E-state index in [9.17, 15) is 9.59 Å². The average molecular weight is 389 g/mol. The standard InChI is InChI=1S/C15H21BrN2O5/c1-15(2,6-5-12(19)20)18-14(21)17-9-7-10(22-3)13(16)11(8-9)23-4/h7-8H,5-6H2,1-4H3,(H,19,20)(H2,17,18,21). The summed E-state index contributed by atoms with van der Waals surface area (Å²) in [5.74, 6) is 0.136. The molecule has 0 heterocycles. The lowest BCUT2D eigenvalue weighted by Crippen LogP contribution is -2.45. The molecule has 0 saturated carbocycles. The molecule has 8 heteroatoms. The fourth-order valence-corrected chi connectivity index (χ4v) is 2.45. The Morgan fingerprint density at radius 2 is 1.74 bits per heavy atom. The van der Waals surface area contributed by atoms with E-state index in [1.54, 1.807) is 26.0 Å². The van der Waals surface area contributed by atoms with Gasteiger partial charge in [-0.3, -0.25) is 4.79 Å². The molecule has 0 aliphatic rings. The first-order valence-electron chi connectivity index (χ1n) is 6.91. The molecule has 0 aliphatic carbocycles. The zero-order valence-electron chi connectivity index (χ0n) is 13.5. The maximum absolute atomic E-state index is 12.1. The normalized spacial score (nSPS) is 10.8. The minimum Gasteiger partial charge on any atom is -0.495 e. The molecule has 23 heavy (non-hydrogen) atoms. The van der Waals surface area contributed by atoms with Crippen molar-refractivity contribution in [2.75, 3.05) is 19.5 Å². The van der Waals surface area contributed by atoms with Gasteiger partial charge in [0.25, 0.3) is 0 Å². The van der Waals surface area contributed by atoms with E-state index in [0.717, 1.165) is 0 Å². The number of urea groups is 1. The van der Waals surface area contributed by atoms with Crippen LogP contribution in [0.5, 0.6) is 11.5 Å². The van der Waals surface area contributed by atoms with E-state index < -0.39 is 17.5 Å². The number of benzene rings is 1. The number of carbonyl (C=O) groups excluding carboxylic acids is 1. The Kier molecular flexibility index (Phi) is 6.68. The molecule has 3 N–H and O–H groups in total. The van der Waals surface area contributed by atoms with Crippen molar-refractivity contribution in [2.24, 2.45) is 0 Å². The third-order valence-corrected chi connectivity index (χ3v) is 3.90. The third kappa shape index (κ3) is 5.97. The Hall–Kier alpha value is -1.96. The molecule has 0 fully saturated rings. The first-order valence-corrected chi connectivity index (χ1v) is 7.70. The second-order valence-electron chi connectivity index (χ2n) is 5.55. The van der Waals surface area contributed by atoms with Crippen LogP contribution >= 0.6 is 15.9 Å². The molecule has 1 aromatic rings. The van der Waals surface area contributed by atoms with Crippen LogP contribution in [0, 0.1) is 0 Å². The number of anilines is 1. The highest BCUT2D eigenvalue weighted by atomic mass is 79.9. The minimum atomic E-state index is -0.900. The van der Waals surface area contributed by atoms with Crippen LogP contribution in [-0.4, -0.2) is 36.9 Å². The molecule has 0 atom stereocenters. The van der Waals surface area contributed by atoms with Gasteiger partial charge in [0.05, 0.1) is 14.2 Å². The van der Waals surface area contributed by atoms with Crippen molar-refractivity contribution in [3.63, 3.8) is 0 Å². The van der Waals surface area contributed by atoms with E-state index in [0.29, 0.717) is 28.1 Å². The van der Waals surface area contributed by atoms with Crippen LogP contribution in [0.1, 0.15) is 26.7 Å². The largest absolute Gasteiger partial charge is 0.495 e. The summed E-state index contributed by atoms with van der Waals surface area (Å²) in [4.78, 5) is 22.7. The van der Waals surface area contributed by atoms with Crippen molar-refractivity contribution in [3.8, 4) is 11.5 Å². The van der Waals surface area contributed by atoms with Crippen molar-refractivity contribution in [1.82, 2.24) is 5.32 Å². The summed E-state index contributed by atoms with van der Waals surface area (Å²) < 4.78 is 11.1. The number of halogens is 1. The van der Waals surface area contributed by atoms with Gasteiger partial charge in [-0.15, -0.1) is 0 Å². The maximum Gasteiger partial charge on any atom is 0.319 e. The Bertz CT molecular complexity index is 564. The number of hydrogen-bond donors (Lipinski definition) is 3. The first-order chi connectivity index (χ1) is 10.7. The first kappa shape index (κ1) is 19.1. The third-order valence-electron chi connectivity index (χ3n) is 3.12. The number of amides is 2. The van der Waals surface area contributed by atoms with Gasteiger partial charge in [-0.1, -0.05) is 0 Å². The Morgan fingerprint density at radius 1 is 1.22 bits per heavy atom. The number of ether oxygens (including phenoxy) is 2. The van der Waals surface area contributed by atoms with Crippen LogP contribution in [0.2, 0.25) is 0 Å². The molecule has 0 saturated heterocycles. The van der Waals surface area contributed by atoms with Gasteiger partial charge in [0.15, 0.2) is 0 Å². The average Bonchev–Trinajstić information content (AvgIpc) is 2.46. The molecule has 0 aromatic heterocycles. The van der Waals surface area contributed by atoms with Crippen LogP contribution in [0.25, 0.3) is 0 Å². The van der Waals surface area contributed by atoms with Crippen molar-refractivity contribution >= 4 is 33.6 Å². The van der Waals surface area contributed by atoms with E-state index in [4.69, 9.17) is 14.6 Å². The number of nitrogens with one attached hydrogen (secondary N) is 2. The van der Waals surface area contributed by atoms with E-state index in [-0.39, 0.29) is 6.42 Å². The maximum atomic E-state index is 12.1. The Balaban J connectivity index is 2.79. The highest BCUT2D eigenvalue weighted by Crippen LogP contribution is 2.37. The summed E-state index contributed by atoms with van der Waals surface area (Å²) in [5.41, 5.74) is -0.153.